The molecule has 2 aromatic heterocycles. The molecule has 0 radical (unpaired) electrons. The fourth-order valence-electron chi connectivity index (χ4n) is 2.27. The molecular formula is C17H16N4O3S2. The number of methoxy groups -OCH3 is 1. The number of para-hydroxylation sites is 1. The first-order valence-electron chi connectivity index (χ1n) is 7.63. The second-order valence-corrected chi connectivity index (χ2v) is 7.16. The lowest BCUT2D eigenvalue weighted by Gasteiger charge is -2.06. The predicted octanol–water partition coefficient (Wildman–Crippen LogP) is 3.79. The molecule has 2 heterocycles. The van der Waals surface area contributed by atoms with Crippen LogP contribution < -0.4 is 15.4 Å². The smallest absolute Gasteiger partial charge is 0.261 e. The van der Waals surface area contributed by atoms with Gasteiger partial charge in [0.2, 0.25) is 5.91 Å². The molecule has 0 aliphatic carbocycles. The Morgan fingerprint density at radius 2 is 1.88 bits per heavy atom. The van der Waals surface area contributed by atoms with Crippen molar-refractivity contribution in [1.29, 1.82) is 0 Å². The van der Waals surface area contributed by atoms with Gasteiger partial charge in [0.1, 0.15) is 5.75 Å². The Morgan fingerprint density at radius 3 is 2.62 bits per heavy atom. The summed E-state index contributed by atoms with van der Waals surface area (Å²) in [5, 5.41) is 8.30. The number of amides is 2. The zero-order valence-corrected chi connectivity index (χ0v) is 16.0. The zero-order chi connectivity index (χ0) is 18.7. The third-order valence-electron chi connectivity index (χ3n) is 3.39. The van der Waals surface area contributed by atoms with Crippen molar-refractivity contribution in [3.8, 4) is 16.3 Å². The molecule has 2 amide bonds. The Kier molecular flexibility index (Phi) is 5.29. The van der Waals surface area contributed by atoms with E-state index in [0.29, 0.717) is 27.3 Å². The number of rotatable bonds is 5. The van der Waals surface area contributed by atoms with Crippen LogP contribution in [0.4, 0.5) is 10.3 Å². The number of aryl methyl sites for hydroxylation is 1. The van der Waals surface area contributed by atoms with Crippen LogP contribution in [-0.4, -0.2) is 28.9 Å². The topological polar surface area (TPSA) is 93.2 Å². The normalized spacial score (nSPS) is 10.4. The minimum absolute atomic E-state index is 0.170. The maximum Gasteiger partial charge on any atom is 0.261 e. The highest BCUT2D eigenvalue weighted by molar-refractivity contribution is 7.20. The van der Waals surface area contributed by atoms with Gasteiger partial charge in [0.15, 0.2) is 10.3 Å². The van der Waals surface area contributed by atoms with Crippen molar-refractivity contribution in [3.63, 3.8) is 0 Å². The Hall–Kier alpha value is -2.78. The molecule has 0 saturated heterocycles. The van der Waals surface area contributed by atoms with Crippen LogP contribution in [-0.2, 0) is 4.79 Å². The molecule has 3 aromatic rings. The van der Waals surface area contributed by atoms with E-state index in [9.17, 15) is 9.59 Å². The van der Waals surface area contributed by atoms with Crippen LogP contribution in [0.25, 0.3) is 10.6 Å². The molecule has 7 nitrogen and oxygen atoms in total. The van der Waals surface area contributed by atoms with Gasteiger partial charge < -0.3 is 10.1 Å². The van der Waals surface area contributed by atoms with Crippen molar-refractivity contribution >= 4 is 44.8 Å². The lowest BCUT2D eigenvalue weighted by molar-refractivity contribution is -0.114. The van der Waals surface area contributed by atoms with Crippen molar-refractivity contribution in [2.45, 2.75) is 13.8 Å². The summed E-state index contributed by atoms with van der Waals surface area (Å²) in [5.41, 5.74) is 1.91. The van der Waals surface area contributed by atoms with E-state index in [-0.39, 0.29) is 11.8 Å². The summed E-state index contributed by atoms with van der Waals surface area (Å²) in [5.74, 6) is 0.0367. The molecule has 0 unspecified atom stereocenters. The van der Waals surface area contributed by atoms with Gasteiger partial charge in [-0.05, 0) is 19.1 Å². The van der Waals surface area contributed by atoms with Crippen LogP contribution in [0.5, 0.6) is 5.75 Å². The number of ether oxygens (including phenoxy) is 1. The molecule has 0 aliphatic heterocycles. The van der Waals surface area contributed by atoms with E-state index in [1.165, 1.54) is 36.7 Å². The number of nitrogens with zero attached hydrogens (tertiary/aromatic N) is 2. The Labute approximate surface area is 158 Å². The third kappa shape index (κ3) is 3.89. The number of aromatic nitrogens is 2. The SMILES string of the molecule is COc1ccccc1C(=O)Nc1nc(C)c(-c2csc(NC(C)=O)n2)s1. The standard InChI is InChI=1S/C17H16N4O3S2/c1-9-14(12-8-25-16(20-12)19-10(2)22)26-17(18-9)21-15(23)11-6-4-5-7-13(11)24-3/h4-8H,1-3H3,(H,18,21,23)(H,19,20,22). The van der Waals surface area contributed by atoms with Gasteiger partial charge in [-0.2, -0.15) is 0 Å². The fourth-order valence-corrected chi connectivity index (χ4v) is 4.01. The molecule has 0 fully saturated rings. The molecule has 9 heteroatoms. The van der Waals surface area contributed by atoms with Gasteiger partial charge in [-0.15, -0.1) is 11.3 Å². The van der Waals surface area contributed by atoms with Crippen LogP contribution >= 0.6 is 22.7 Å². The number of thiazole rings is 2. The summed E-state index contributed by atoms with van der Waals surface area (Å²) >= 11 is 2.67. The van der Waals surface area contributed by atoms with Crippen LogP contribution in [0, 0.1) is 6.92 Å². The summed E-state index contributed by atoms with van der Waals surface area (Å²) in [7, 11) is 1.52. The first kappa shape index (κ1) is 18.0. The predicted molar refractivity (Wildman–Crippen MR) is 103 cm³/mol. The van der Waals surface area contributed by atoms with Gasteiger partial charge in [0.25, 0.3) is 5.91 Å². The Bertz CT molecular complexity index is 965. The number of benzene rings is 1. The number of anilines is 2. The molecule has 0 aliphatic rings. The largest absolute Gasteiger partial charge is 0.496 e. The van der Waals surface area contributed by atoms with Crippen molar-refractivity contribution in [3.05, 3.63) is 40.9 Å². The Morgan fingerprint density at radius 1 is 1.12 bits per heavy atom. The highest BCUT2D eigenvalue weighted by atomic mass is 32.1. The van der Waals surface area contributed by atoms with Gasteiger partial charge in [-0.25, -0.2) is 9.97 Å². The molecule has 0 spiro atoms. The highest BCUT2D eigenvalue weighted by Crippen LogP contribution is 2.34. The summed E-state index contributed by atoms with van der Waals surface area (Å²) in [6, 6.07) is 6.99. The van der Waals surface area contributed by atoms with Crippen molar-refractivity contribution in [2.24, 2.45) is 0 Å². The minimum Gasteiger partial charge on any atom is -0.496 e. The van der Waals surface area contributed by atoms with Crippen LogP contribution in [0.15, 0.2) is 29.6 Å². The van der Waals surface area contributed by atoms with E-state index in [0.717, 1.165) is 10.6 Å². The van der Waals surface area contributed by atoms with Gasteiger partial charge in [0, 0.05) is 12.3 Å². The van der Waals surface area contributed by atoms with Crippen LogP contribution in [0.2, 0.25) is 0 Å². The molecule has 0 saturated carbocycles. The highest BCUT2D eigenvalue weighted by Gasteiger charge is 2.17. The summed E-state index contributed by atoms with van der Waals surface area (Å²) in [6.45, 7) is 3.28. The van der Waals surface area contributed by atoms with E-state index >= 15 is 0 Å². The first-order valence-corrected chi connectivity index (χ1v) is 9.33. The maximum atomic E-state index is 12.5. The minimum atomic E-state index is -0.292. The molecule has 1 aromatic carbocycles. The molecule has 3 rings (SSSR count). The van der Waals surface area contributed by atoms with E-state index in [1.807, 2.05) is 12.3 Å². The van der Waals surface area contributed by atoms with E-state index in [1.54, 1.807) is 24.3 Å². The van der Waals surface area contributed by atoms with Gasteiger partial charge in [0.05, 0.1) is 28.9 Å². The van der Waals surface area contributed by atoms with Crippen LogP contribution in [0.1, 0.15) is 23.0 Å². The van der Waals surface area contributed by atoms with Gasteiger partial charge in [-0.1, -0.05) is 23.5 Å². The number of nitrogens with one attached hydrogen (secondary N) is 2. The summed E-state index contributed by atoms with van der Waals surface area (Å²) in [6.07, 6.45) is 0. The second kappa shape index (κ2) is 7.63. The maximum absolute atomic E-state index is 12.5. The molecule has 2 N–H and O–H groups in total. The fraction of sp³-hybridized carbons (Fsp3) is 0.176. The molecular weight excluding hydrogens is 372 g/mol. The van der Waals surface area contributed by atoms with Crippen LogP contribution in [0.3, 0.4) is 0 Å². The average molecular weight is 388 g/mol. The lowest BCUT2D eigenvalue weighted by Crippen LogP contribution is -2.12. The molecule has 26 heavy (non-hydrogen) atoms. The molecule has 0 bridgehead atoms. The van der Waals surface area contributed by atoms with E-state index in [4.69, 9.17) is 4.74 Å². The second-order valence-electron chi connectivity index (χ2n) is 5.31. The third-order valence-corrected chi connectivity index (χ3v) is 5.24. The lowest BCUT2D eigenvalue weighted by atomic mass is 10.2. The van der Waals surface area contributed by atoms with Gasteiger partial charge in [-0.3, -0.25) is 14.9 Å². The monoisotopic (exact) mass is 388 g/mol. The van der Waals surface area contributed by atoms with Crippen molar-refractivity contribution < 1.29 is 14.3 Å². The summed E-state index contributed by atoms with van der Waals surface area (Å²) < 4.78 is 5.22. The number of hydrogen-bond acceptors (Lipinski definition) is 7. The average Bonchev–Trinajstić information content (AvgIpc) is 3.20. The number of hydrogen-bond donors (Lipinski definition) is 2. The molecule has 0 atom stereocenters. The Balaban J connectivity index is 1.81. The zero-order valence-electron chi connectivity index (χ0n) is 14.3. The summed E-state index contributed by atoms with van der Waals surface area (Å²) in [4.78, 5) is 33.2. The number of carbonyl (C=O) groups excluding carboxylic acids is 2. The van der Waals surface area contributed by atoms with Crippen molar-refractivity contribution in [2.75, 3.05) is 17.7 Å². The quantitative estimate of drug-likeness (QED) is 0.693. The molecule has 134 valence electrons. The number of carbonyl (C=O) groups is 2. The van der Waals surface area contributed by atoms with E-state index in [2.05, 4.69) is 20.6 Å². The van der Waals surface area contributed by atoms with E-state index < -0.39 is 0 Å². The first-order chi connectivity index (χ1) is 12.5. The van der Waals surface area contributed by atoms with Crippen molar-refractivity contribution in [1.82, 2.24) is 9.97 Å². The van der Waals surface area contributed by atoms with Gasteiger partial charge >= 0.3 is 0 Å².